The van der Waals surface area contributed by atoms with Crippen LogP contribution < -0.4 is 15.5 Å². The second-order valence-electron chi connectivity index (χ2n) is 8.78. The SMILES string of the molecule is Cc1cc(N2CCC(N3CCCC3C)C2)ccc1NC(=O)c1cnc(NCCO)c(Cl)c1. The van der Waals surface area contributed by atoms with Crippen LogP contribution in [0.15, 0.2) is 30.5 Å². The normalized spacial score (nSPS) is 21.2. The molecule has 0 radical (unpaired) electrons. The van der Waals surface area contributed by atoms with Crippen LogP contribution >= 0.6 is 11.6 Å². The van der Waals surface area contributed by atoms with Gasteiger partial charge in [-0.1, -0.05) is 11.6 Å². The molecule has 0 aliphatic carbocycles. The van der Waals surface area contributed by atoms with Crippen molar-refractivity contribution in [2.24, 2.45) is 0 Å². The van der Waals surface area contributed by atoms with E-state index in [4.69, 9.17) is 16.7 Å². The van der Waals surface area contributed by atoms with Crippen LogP contribution in [0.1, 0.15) is 42.1 Å². The van der Waals surface area contributed by atoms with Gasteiger partial charge in [0.1, 0.15) is 5.82 Å². The molecule has 2 aliphatic heterocycles. The predicted molar refractivity (Wildman–Crippen MR) is 130 cm³/mol. The number of anilines is 3. The number of pyridine rings is 1. The van der Waals surface area contributed by atoms with E-state index >= 15 is 0 Å². The Labute approximate surface area is 194 Å². The van der Waals surface area contributed by atoms with Crippen molar-refractivity contribution in [3.05, 3.63) is 46.6 Å². The van der Waals surface area contributed by atoms with Crippen molar-refractivity contribution in [3.63, 3.8) is 0 Å². The minimum absolute atomic E-state index is 0.0228. The Kier molecular flexibility index (Phi) is 7.18. The molecule has 4 rings (SSSR count). The number of amides is 1. The fourth-order valence-electron chi connectivity index (χ4n) is 4.79. The highest BCUT2D eigenvalue weighted by atomic mass is 35.5. The first-order chi connectivity index (χ1) is 15.5. The molecule has 2 aliphatic rings. The fourth-order valence-corrected chi connectivity index (χ4v) is 5.02. The van der Waals surface area contributed by atoms with Gasteiger partial charge in [-0.25, -0.2) is 4.98 Å². The number of aromatic nitrogens is 1. The van der Waals surface area contributed by atoms with Crippen molar-refractivity contribution < 1.29 is 9.90 Å². The standard InChI is InChI=1S/C24H32ClN5O2/c1-16-12-19(29-10-7-20(15-29)30-9-3-4-17(30)2)5-6-22(16)28-24(32)18-13-21(25)23(27-14-18)26-8-11-31/h5-6,12-14,17,20,31H,3-4,7-11,15H2,1-2H3,(H,26,27)(H,28,32). The monoisotopic (exact) mass is 457 g/mol. The molecule has 2 fully saturated rings. The van der Waals surface area contributed by atoms with Crippen LogP contribution in [0.4, 0.5) is 17.2 Å². The average Bonchev–Trinajstić information content (AvgIpc) is 3.43. The maximum atomic E-state index is 12.7. The third-order valence-electron chi connectivity index (χ3n) is 6.57. The van der Waals surface area contributed by atoms with E-state index in [0.29, 0.717) is 35.0 Å². The van der Waals surface area contributed by atoms with E-state index in [1.165, 1.54) is 37.7 Å². The molecule has 32 heavy (non-hydrogen) atoms. The molecule has 1 aromatic carbocycles. The molecule has 2 saturated heterocycles. The second-order valence-corrected chi connectivity index (χ2v) is 9.18. The van der Waals surface area contributed by atoms with Gasteiger partial charge in [0.25, 0.3) is 5.91 Å². The molecule has 3 heterocycles. The summed E-state index contributed by atoms with van der Waals surface area (Å²) in [6, 6.07) is 9.13. The number of nitrogens with one attached hydrogen (secondary N) is 2. The summed E-state index contributed by atoms with van der Waals surface area (Å²) in [6.07, 6.45) is 5.31. The molecule has 3 N–H and O–H groups in total. The summed E-state index contributed by atoms with van der Waals surface area (Å²) in [4.78, 5) is 22.0. The van der Waals surface area contributed by atoms with E-state index in [1.807, 2.05) is 13.0 Å². The Balaban J connectivity index is 1.39. The summed E-state index contributed by atoms with van der Waals surface area (Å²) in [7, 11) is 0. The molecule has 0 spiro atoms. The van der Waals surface area contributed by atoms with Crippen LogP contribution in [0, 0.1) is 6.92 Å². The number of hydrogen-bond donors (Lipinski definition) is 3. The van der Waals surface area contributed by atoms with Crippen molar-refractivity contribution in [1.29, 1.82) is 0 Å². The average molecular weight is 458 g/mol. The van der Waals surface area contributed by atoms with Gasteiger partial charge in [0.15, 0.2) is 0 Å². The Morgan fingerprint density at radius 2 is 2.12 bits per heavy atom. The number of rotatable bonds is 7. The highest BCUT2D eigenvalue weighted by molar-refractivity contribution is 6.33. The Bertz CT molecular complexity index is 969. The van der Waals surface area contributed by atoms with Gasteiger partial charge in [0, 0.05) is 49.3 Å². The van der Waals surface area contributed by atoms with Crippen molar-refractivity contribution in [3.8, 4) is 0 Å². The summed E-state index contributed by atoms with van der Waals surface area (Å²) in [6.45, 7) is 8.04. The molecule has 172 valence electrons. The summed E-state index contributed by atoms with van der Waals surface area (Å²) in [5.41, 5.74) is 3.39. The van der Waals surface area contributed by atoms with Crippen LogP contribution in [0.5, 0.6) is 0 Å². The van der Waals surface area contributed by atoms with Gasteiger partial charge in [-0.3, -0.25) is 9.69 Å². The third-order valence-corrected chi connectivity index (χ3v) is 6.86. The van der Waals surface area contributed by atoms with Gasteiger partial charge in [-0.2, -0.15) is 0 Å². The summed E-state index contributed by atoms with van der Waals surface area (Å²) >= 11 is 6.21. The first-order valence-electron chi connectivity index (χ1n) is 11.4. The van der Waals surface area contributed by atoms with E-state index in [1.54, 1.807) is 6.07 Å². The number of aliphatic hydroxyl groups is 1. The quantitative estimate of drug-likeness (QED) is 0.587. The maximum absolute atomic E-state index is 12.7. The maximum Gasteiger partial charge on any atom is 0.257 e. The number of carbonyl (C=O) groups excluding carboxylic acids is 1. The minimum Gasteiger partial charge on any atom is -0.395 e. The van der Waals surface area contributed by atoms with Crippen molar-refractivity contribution in [1.82, 2.24) is 9.88 Å². The van der Waals surface area contributed by atoms with Gasteiger partial charge in [-0.15, -0.1) is 0 Å². The Morgan fingerprint density at radius 3 is 2.81 bits per heavy atom. The summed E-state index contributed by atoms with van der Waals surface area (Å²) < 4.78 is 0. The lowest BCUT2D eigenvalue weighted by atomic mass is 10.1. The third kappa shape index (κ3) is 5.00. The predicted octanol–water partition coefficient (Wildman–Crippen LogP) is 3.76. The Morgan fingerprint density at radius 1 is 1.28 bits per heavy atom. The van der Waals surface area contributed by atoms with E-state index in [9.17, 15) is 4.79 Å². The molecule has 2 unspecified atom stereocenters. The number of carbonyl (C=O) groups is 1. The number of aliphatic hydroxyl groups excluding tert-OH is 1. The van der Waals surface area contributed by atoms with Crippen molar-refractivity contribution >= 4 is 34.7 Å². The smallest absolute Gasteiger partial charge is 0.257 e. The zero-order valence-electron chi connectivity index (χ0n) is 18.8. The van der Waals surface area contributed by atoms with E-state index < -0.39 is 0 Å². The molecule has 8 heteroatoms. The minimum atomic E-state index is -0.256. The summed E-state index contributed by atoms with van der Waals surface area (Å²) in [5.74, 6) is 0.193. The van der Waals surface area contributed by atoms with Crippen LogP contribution in [0.3, 0.4) is 0 Å². The van der Waals surface area contributed by atoms with E-state index in [-0.39, 0.29) is 12.5 Å². The number of nitrogens with zero attached hydrogens (tertiary/aromatic N) is 3. The Hall–Kier alpha value is -2.35. The largest absolute Gasteiger partial charge is 0.395 e. The number of halogens is 1. The van der Waals surface area contributed by atoms with Crippen molar-refractivity contribution in [2.45, 2.75) is 45.2 Å². The highest BCUT2D eigenvalue weighted by Crippen LogP contribution is 2.30. The molecule has 2 atom stereocenters. The van der Waals surface area contributed by atoms with Gasteiger partial charge in [0.05, 0.1) is 17.2 Å². The molecular weight excluding hydrogens is 426 g/mol. The molecule has 1 aromatic heterocycles. The number of benzene rings is 1. The van der Waals surface area contributed by atoms with Gasteiger partial charge in [0.2, 0.25) is 0 Å². The van der Waals surface area contributed by atoms with Crippen LogP contribution in [0.2, 0.25) is 5.02 Å². The van der Waals surface area contributed by atoms with Crippen LogP contribution in [-0.2, 0) is 0 Å². The van der Waals surface area contributed by atoms with Crippen molar-refractivity contribution in [2.75, 3.05) is 48.3 Å². The van der Waals surface area contributed by atoms with Gasteiger partial charge < -0.3 is 20.6 Å². The summed E-state index contributed by atoms with van der Waals surface area (Å²) in [5, 5.41) is 15.1. The van der Waals surface area contributed by atoms with Gasteiger partial charge >= 0.3 is 0 Å². The first kappa shape index (κ1) is 22.8. The fraction of sp³-hybridized carbons (Fsp3) is 0.500. The lowest BCUT2D eigenvalue weighted by Crippen LogP contribution is -2.39. The molecule has 7 nitrogen and oxygen atoms in total. The zero-order valence-corrected chi connectivity index (χ0v) is 19.5. The van der Waals surface area contributed by atoms with E-state index in [0.717, 1.165) is 24.3 Å². The first-order valence-corrected chi connectivity index (χ1v) is 11.8. The zero-order chi connectivity index (χ0) is 22.7. The molecule has 0 saturated carbocycles. The number of likely N-dealkylation sites (tertiary alicyclic amines) is 1. The highest BCUT2D eigenvalue weighted by Gasteiger charge is 2.33. The number of aryl methyl sites for hydroxylation is 1. The lowest BCUT2D eigenvalue weighted by molar-refractivity contribution is 0.102. The lowest BCUT2D eigenvalue weighted by Gasteiger charge is -2.28. The second kappa shape index (κ2) is 10.1. The van der Waals surface area contributed by atoms with Crippen LogP contribution in [0.25, 0.3) is 0 Å². The molecular formula is C24H32ClN5O2. The van der Waals surface area contributed by atoms with E-state index in [2.05, 4.69) is 44.5 Å². The topological polar surface area (TPSA) is 80.7 Å². The molecule has 2 aromatic rings. The van der Waals surface area contributed by atoms with Crippen LogP contribution in [-0.4, -0.2) is 65.8 Å². The molecule has 0 bridgehead atoms. The van der Waals surface area contributed by atoms with Gasteiger partial charge in [-0.05, 0) is 69.5 Å². The molecule has 1 amide bonds. The number of hydrogen-bond acceptors (Lipinski definition) is 6.